The molecule has 0 spiro atoms. The third kappa shape index (κ3) is 11.3. The number of aliphatic hydroxyl groups excluding tert-OH is 8. The molecule has 0 heterocycles. The first-order valence-electron chi connectivity index (χ1n) is 6.87. The van der Waals surface area contributed by atoms with E-state index in [0.29, 0.717) is 19.6 Å². The Labute approximate surface area is 133 Å². The van der Waals surface area contributed by atoms with Crippen molar-refractivity contribution in [3.63, 3.8) is 0 Å². The van der Waals surface area contributed by atoms with E-state index in [1.807, 2.05) is 0 Å². The number of rotatable bonds is 11. The average molecular weight is 345 g/mol. The van der Waals surface area contributed by atoms with Gasteiger partial charge in [0.05, 0.1) is 26.4 Å². The maximum absolute atomic E-state index is 10.1. The van der Waals surface area contributed by atoms with E-state index in [0.717, 1.165) is 0 Å². The van der Waals surface area contributed by atoms with Gasteiger partial charge in [0.2, 0.25) is 0 Å². The Morgan fingerprint density at radius 2 is 1.17 bits per heavy atom. The first-order chi connectivity index (χ1) is 10.8. The minimum Gasteiger partial charge on any atom is -0.479 e. The third-order valence-electron chi connectivity index (χ3n) is 2.76. The van der Waals surface area contributed by atoms with E-state index in [2.05, 4.69) is 0 Å². The minimum atomic E-state index is -2.20. The summed E-state index contributed by atoms with van der Waals surface area (Å²) in [6, 6.07) is 0. The Hall–Kier alpha value is -0.890. The van der Waals surface area contributed by atoms with Crippen LogP contribution in [0.4, 0.5) is 0 Å². The van der Waals surface area contributed by atoms with Gasteiger partial charge in [-0.25, -0.2) is 4.79 Å². The molecule has 0 aliphatic rings. The lowest BCUT2D eigenvalue weighted by Crippen LogP contribution is -2.48. The molecule has 0 bridgehead atoms. The fraction of sp³-hybridized carbons (Fsp3) is 0.917. The highest BCUT2D eigenvalue weighted by Crippen LogP contribution is 2.04. The van der Waals surface area contributed by atoms with Crippen LogP contribution in [0.1, 0.15) is 0 Å². The summed E-state index contributed by atoms with van der Waals surface area (Å²) < 4.78 is 0. The van der Waals surface area contributed by atoms with Crippen molar-refractivity contribution in [1.29, 1.82) is 0 Å². The smallest absolute Gasteiger partial charge is 0.335 e. The Balaban J connectivity index is 0. The zero-order valence-corrected chi connectivity index (χ0v) is 12.6. The van der Waals surface area contributed by atoms with Gasteiger partial charge in [0, 0.05) is 19.6 Å². The predicted octanol–water partition coefficient (Wildman–Crippen LogP) is -5.23. The lowest BCUT2D eigenvalue weighted by molar-refractivity contribution is -0.164. The highest BCUT2D eigenvalue weighted by molar-refractivity contribution is 5.72. The lowest BCUT2D eigenvalue weighted by atomic mass is 10.0. The lowest BCUT2D eigenvalue weighted by Gasteiger charge is -2.23. The van der Waals surface area contributed by atoms with Gasteiger partial charge in [0.25, 0.3) is 0 Å². The first kappa shape index (κ1) is 24.4. The minimum absolute atomic E-state index is 0.0694. The van der Waals surface area contributed by atoms with E-state index in [4.69, 9.17) is 46.0 Å². The molecule has 0 aromatic rings. The quantitative estimate of drug-likeness (QED) is 0.173. The summed E-state index contributed by atoms with van der Waals surface area (Å²) in [4.78, 5) is 11.9. The van der Waals surface area contributed by atoms with E-state index in [1.165, 1.54) is 0 Å². The van der Waals surface area contributed by atoms with Crippen molar-refractivity contribution in [3.05, 3.63) is 0 Å². The molecular weight excluding hydrogens is 318 g/mol. The Morgan fingerprint density at radius 1 is 0.783 bits per heavy atom. The molecule has 11 nitrogen and oxygen atoms in total. The fourth-order valence-corrected chi connectivity index (χ4v) is 1.43. The zero-order valence-electron chi connectivity index (χ0n) is 12.6. The molecule has 9 N–H and O–H groups in total. The summed E-state index contributed by atoms with van der Waals surface area (Å²) in [6.07, 6.45) is -7.84. The third-order valence-corrected chi connectivity index (χ3v) is 2.76. The summed E-state index contributed by atoms with van der Waals surface area (Å²) in [6.45, 7) is 0.911. The van der Waals surface area contributed by atoms with Gasteiger partial charge in [0.1, 0.15) is 18.3 Å². The number of hydrogen-bond acceptors (Lipinski definition) is 10. The topological polar surface area (TPSA) is 202 Å². The number of aliphatic hydroxyl groups is 8. The molecule has 0 saturated heterocycles. The second-order valence-electron chi connectivity index (χ2n) is 4.53. The van der Waals surface area contributed by atoms with Gasteiger partial charge >= 0.3 is 5.97 Å². The second kappa shape index (κ2) is 14.7. The second-order valence-corrected chi connectivity index (χ2v) is 4.53. The standard InChI is InChI=1S/C6H15NO3.C6H12O7/c8-4-1-7(2-5-9)3-6-10;7-1-2(8)3(9)4(10)5(11)6(12)13/h8-10H,1-6H2;2-5,7-11H,1H2,(H,12,13). The molecule has 11 heteroatoms. The van der Waals surface area contributed by atoms with Gasteiger partial charge in [-0.15, -0.1) is 0 Å². The molecule has 0 amide bonds. The van der Waals surface area contributed by atoms with E-state index in [-0.39, 0.29) is 19.8 Å². The molecular formula is C12H27NO10. The predicted molar refractivity (Wildman–Crippen MR) is 76.4 cm³/mol. The van der Waals surface area contributed by atoms with Crippen LogP contribution in [0, 0.1) is 0 Å². The number of carboxylic acid groups (broad SMARTS) is 1. The maximum atomic E-state index is 10.1. The van der Waals surface area contributed by atoms with Crippen molar-refractivity contribution < 1.29 is 50.8 Å². The van der Waals surface area contributed by atoms with E-state index < -0.39 is 37.0 Å². The van der Waals surface area contributed by atoms with Gasteiger partial charge < -0.3 is 46.0 Å². The van der Waals surface area contributed by atoms with E-state index >= 15 is 0 Å². The van der Waals surface area contributed by atoms with Gasteiger partial charge in [0.15, 0.2) is 6.10 Å². The largest absolute Gasteiger partial charge is 0.479 e. The van der Waals surface area contributed by atoms with Crippen LogP contribution in [0.25, 0.3) is 0 Å². The molecule has 4 unspecified atom stereocenters. The zero-order chi connectivity index (χ0) is 18.4. The van der Waals surface area contributed by atoms with Crippen LogP contribution in [0.5, 0.6) is 0 Å². The number of carboxylic acids is 1. The number of carbonyl (C=O) groups is 1. The van der Waals surface area contributed by atoms with Gasteiger partial charge in [-0.2, -0.15) is 0 Å². The van der Waals surface area contributed by atoms with E-state index in [1.54, 1.807) is 4.90 Å². The Morgan fingerprint density at radius 3 is 1.43 bits per heavy atom. The molecule has 140 valence electrons. The summed E-state index contributed by atoms with van der Waals surface area (Å²) in [7, 11) is 0. The molecule has 0 aliphatic heterocycles. The van der Waals surface area contributed by atoms with E-state index in [9.17, 15) is 4.79 Å². The number of nitrogens with zero attached hydrogens (tertiary/aromatic N) is 1. The van der Waals surface area contributed by atoms with Crippen LogP contribution in [0.2, 0.25) is 0 Å². The first-order valence-corrected chi connectivity index (χ1v) is 6.87. The Kier molecular flexibility index (Phi) is 15.6. The van der Waals surface area contributed by atoms with Crippen LogP contribution >= 0.6 is 0 Å². The van der Waals surface area contributed by atoms with Crippen LogP contribution in [0.3, 0.4) is 0 Å². The molecule has 0 radical (unpaired) electrons. The summed E-state index contributed by atoms with van der Waals surface area (Å²) >= 11 is 0. The average Bonchev–Trinajstić information content (AvgIpc) is 2.53. The van der Waals surface area contributed by atoms with Crippen molar-refractivity contribution in [2.24, 2.45) is 0 Å². The van der Waals surface area contributed by atoms with Gasteiger partial charge in [-0.3, -0.25) is 4.90 Å². The monoisotopic (exact) mass is 345 g/mol. The molecule has 0 rings (SSSR count). The number of hydrogen-bond donors (Lipinski definition) is 9. The normalized spacial score (nSPS) is 16.2. The molecule has 0 aromatic heterocycles. The van der Waals surface area contributed by atoms with Crippen molar-refractivity contribution in [1.82, 2.24) is 4.90 Å². The summed E-state index contributed by atoms with van der Waals surface area (Å²) in [5, 5.41) is 77.3. The van der Waals surface area contributed by atoms with Crippen LogP contribution in [-0.2, 0) is 4.79 Å². The van der Waals surface area contributed by atoms with Crippen molar-refractivity contribution in [3.8, 4) is 0 Å². The molecule has 0 fully saturated rings. The van der Waals surface area contributed by atoms with Gasteiger partial charge in [-0.05, 0) is 0 Å². The highest BCUT2D eigenvalue weighted by Gasteiger charge is 2.33. The Bertz CT molecular complexity index is 279. The van der Waals surface area contributed by atoms with Crippen LogP contribution < -0.4 is 0 Å². The molecule has 23 heavy (non-hydrogen) atoms. The van der Waals surface area contributed by atoms with Crippen LogP contribution in [-0.4, -0.2) is 127 Å². The van der Waals surface area contributed by atoms with Crippen LogP contribution in [0.15, 0.2) is 0 Å². The molecule has 0 aliphatic carbocycles. The summed E-state index contributed by atoms with van der Waals surface area (Å²) in [5.41, 5.74) is 0. The summed E-state index contributed by atoms with van der Waals surface area (Å²) in [5.74, 6) is -1.73. The van der Waals surface area contributed by atoms with Gasteiger partial charge in [-0.1, -0.05) is 0 Å². The fourth-order valence-electron chi connectivity index (χ4n) is 1.43. The number of aliphatic carboxylic acids is 1. The highest BCUT2D eigenvalue weighted by atomic mass is 16.4. The molecule has 0 aromatic carbocycles. The van der Waals surface area contributed by atoms with Crippen molar-refractivity contribution in [2.45, 2.75) is 24.4 Å². The van der Waals surface area contributed by atoms with Crippen molar-refractivity contribution >= 4 is 5.97 Å². The molecule has 0 saturated carbocycles. The molecule has 4 atom stereocenters. The SMILES string of the molecule is O=C(O)C(O)C(O)C(O)C(O)CO.OCCN(CCO)CCO. The maximum Gasteiger partial charge on any atom is 0.335 e. The van der Waals surface area contributed by atoms with Crippen molar-refractivity contribution in [2.75, 3.05) is 46.1 Å².